The third-order valence-corrected chi connectivity index (χ3v) is 6.29. The van der Waals surface area contributed by atoms with Crippen LogP contribution >= 0.6 is 12.2 Å². The number of para-hydroxylation sites is 4. The van der Waals surface area contributed by atoms with Gasteiger partial charge < -0.3 is 13.9 Å². The summed E-state index contributed by atoms with van der Waals surface area (Å²) in [6.45, 7) is 1.97. The molecule has 0 unspecified atom stereocenters. The first kappa shape index (κ1) is 23.3. The van der Waals surface area contributed by atoms with Crippen molar-refractivity contribution in [3.8, 4) is 34.2 Å². The monoisotopic (exact) mass is 498 g/mol. The minimum atomic E-state index is -0.602. The minimum absolute atomic E-state index is 0.0312. The summed E-state index contributed by atoms with van der Waals surface area (Å²) in [6, 6.07) is 23.0. The van der Waals surface area contributed by atoms with E-state index >= 15 is 0 Å². The largest absolute Gasteiger partial charge is 0.495 e. The zero-order valence-corrected chi connectivity index (χ0v) is 20.7. The lowest BCUT2D eigenvalue weighted by atomic mass is 10.1. The summed E-state index contributed by atoms with van der Waals surface area (Å²) in [5.74, 6) is 1.24. The number of ether oxygens (including phenoxy) is 2. The average Bonchev–Trinajstić information content (AvgIpc) is 2.89. The van der Waals surface area contributed by atoms with E-state index in [9.17, 15) is 9.59 Å². The zero-order chi connectivity index (χ0) is 25.4. The first-order valence-corrected chi connectivity index (χ1v) is 11.5. The lowest BCUT2D eigenvalue weighted by Gasteiger charge is -2.18. The van der Waals surface area contributed by atoms with Crippen LogP contribution in [0.25, 0.3) is 33.8 Å². The molecule has 0 atom stereocenters. The summed E-state index contributed by atoms with van der Waals surface area (Å²) in [4.78, 5) is 27.3. The van der Waals surface area contributed by atoms with Crippen LogP contribution in [0.4, 0.5) is 0 Å². The number of fused-ring (bicyclic) bond motifs is 1. The number of benzene rings is 3. The molecule has 5 aromatic rings. The molecule has 5 rings (SSSR count). The number of aromatic nitrogens is 2. The molecule has 0 fully saturated rings. The van der Waals surface area contributed by atoms with Crippen molar-refractivity contribution in [1.82, 2.24) is 9.13 Å². The van der Waals surface area contributed by atoms with E-state index < -0.39 is 11.0 Å². The highest BCUT2D eigenvalue weighted by atomic mass is 32.1. The van der Waals surface area contributed by atoms with Crippen LogP contribution in [0.15, 0.2) is 92.9 Å². The summed E-state index contributed by atoms with van der Waals surface area (Å²) in [5, 5.41) is -0.142. The maximum Gasteiger partial charge on any atom is 0.274 e. The number of aryl methyl sites for hydroxylation is 1. The van der Waals surface area contributed by atoms with Gasteiger partial charge in [-0.3, -0.25) is 14.2 Å². The van der Waals surface area contributed by atoms with Crippen LogP contribution in [0, 0.1) is 11.7 Å². The van der Waals surface area contributed by atoms with Crippen molar-refractivity contribution in [1.29, 1.82) is 0 Å². The molecule has 0 radical (unpaired) electrons. The van der Waals surface area contributed by atoms with Crippen LogP contribution < -0.4 is 20.5 Å². The molecule has 3 aromatic carbocycles. The summed E-state index contributed by atoms with van der Waals surface area (Å²) in [7, 11) is 3.04. The minimum Gasteiger partial charge on any atom is -0.495 e. The summed E-state index contributed by atoms with van der Waals surface area (Å²) < 4.78 is 20.3. The maximum absolute atomic E-state index is 13.8. The summed E-state index contributed by atoms with van der Waals surface area (Å²) >= 11 is 5.86. The molecule has 180 valence electrons. The van der Waals surface area contributed by atoms with Crippen molar-refractivity contribution >= 4 is 23.3 Å². The molecule has 0 aliphatic carbocycles. The number of hydrogen-bond donors (Lipinski definition) is 0. The molecule has 0 spiro atoms. The summed E-state index contributed by atoms with van der Waals surface area (Å²) in [5.41, 5.74) is 1.63. The lowest BCUT2D eigenvalue weighted by molar-refractivity contribution is 0.410. The van der Waals surface area contributed by atoms with Crippen LogP contribution in [-0.2, 0) is 0 Å². The topological polar surface area (TPSA) is 75.6 Å². The quantitative estimate of drug-likeness (QED) is 0.300. The second kappa shape index (κ2) is 9.31. The van der Waals surface area contributed by atoms with Gasteiger partial charge in [0.25, 0.3) is 5.56 Å². The molecule has 0 amide bonds. The Morgan fingerprint density at radius 2 is 1.33 bits per heavy atom. The van der Waals surface area contributed by atoms with E-state index in [-0.39, 0.29) is 15.9 Å². The van der Waals surface area contributed by atoms with Crippen LogP contribution in [-0.4, -0.2) is 23.4 Å². The Kier molecular flexibility index (Phi) is 6.03. The van der Waals surface area contributed by atoms with Gasteiger partial charge in [0.2, 0.25) is 11.1 Å². The van der Waals surface area contributed by atoms with Crippen molar-refractivity contribution in [2.24, 2.45) is 0 Å². The van der Waals surface area contributed by atoms with Gasteiger partial charge in [0.1, 0.15) is 22.6 Å². The summed E-state index contributed by atoms with van der Waals surface area (Å²) in [6.07, 6.45) is 0. The van der Waals surface area contributed by atoms with Crippen molar-refractivity contribution in [2.45, 2.75) is 6.92 Å². The van der Waals surface area contributed by atoms with Crippen LogP contribution in [0.5, 0.6) is 11.5 Å². The average molecular weight is 499 g/mol. The van der Waals surface area contributed by atoms with Gasteiger partial charge in [-0.05, 0) is 43.4 Å². The van der Waals surface area contributed by atoms with Gasteiger partial charge in [0.05, 0.1) is 25.6 Å². The van der Waals surface area contributed by atoms with E-state index in [0.717, 1.165) is 5.56 Å². The van der Waals surface area contributed by atoms with Crippen LogP contribution in [0.1, 0.15) is 5.56 Å². The van der Waals surface area contributed by atoms with Gasteiger partial charge in [0, 0.05) is 11.6 Å². The van der Waals surface area contributed by atoms with Crippen molar-refractivity contribution in [2.75, 3.05) is 14.2 Å². The molecule has 0 bridgehead atoms. The molecule has 2 aromatic heterocycles. The Morgan fingerprint density at radius 1 is 0.778 bits per heavy atom. The van der Waals surface area contributed by atoms with E-state index in [0.29, 0.717) is 34.2 Å². The molecule has 2 heterocycles. The molecule has 0 aliphatic heterocycles. The van der Waals surface area contributed by atoms with Gasteiger partial charge >= 0.3 is 0 Å². The third kappa shape index (κ3) is 3.81. The predicted octanol–water partition coefficient (Wildman–Crippen LogP) is 5.46. The van der Waals surface area contributed by atoms with Crippen molar-refractivity contribution < 1.29 is 13.9 Å². The van der Waals surface area contributed by atoms with E-state index in [1.807, 2.05) is 43.3 Å². The number of methoxy groups -OCH3 is 2. The van der Waals surface area contributed by atoms with Gasteiger partial charge in [0.15, 0.2) is 4.77 Å². The molecular formula is C28H22N2O5S. The first-order valence-electron chi connectivity index (χ1n) is 11.1. The van der Waals surface area contributed by atoms with Gasteiger partial charge in [-0.2, -0.15) is 0 Å². The molecule has 0 saturated heterocycles. The smallest absolute Gasteiger partial charge is 0.274 e. The Hall–Kier alpha value is -4.43. The molecule has 0 N–H and O–H groups in total. The normalized spacial score (nSPS) is 11.0. The van der Waals surface area contributed by atoms with Crippen molar-refractivity contribution in [3.05, 3.63) is 110 Å². The maximum atomic E-state index is 13.8. The standard InChI is InChI=1S/C28H22N2O5S/c1-17-12-14-18(15-13-17)24-16-21(31)25-26(32)29(19-8-4-6-10-22(19)33-2)28(36)30(27(25)35-24)20-9-5-7-11-23(20)34-3/h4-16H,1-3H3. The second-order valence-electron chi connectivity index (χ2n) is 8.12. The Bertz CT molecular complexity index is 1780. The van der Waals surface area contributed by atoms with Crippen LogP contribution in [0.2, 0.25) is 0 Å². The SMILES string of the molecule is COc1ccccc1-n1c(=O)c2c(=O)cc(-c3ccc(C)cc3)oc2n(-c2ccccc2OC)c1=S. The Morgan fingerprint density at radius 3 is 1.92 bits per heavy atom. The van der Waals surface area contributed by atoms with E-state index in [2.05, 4.69) is 0 Å². The fourth-order valence-corrected chi connectivity index (χ4v) is 4.50. The van der Waals surface area contributed by atoms with Gasteiger partial charge in [-0.25, -0.2) is 4.57 Å². The van der Waals surface area contributed by atoms with Gasteiger partial charge in [-0.15, -0.1) is 0 Å². The van der Waals surface area contributed by atoms with E-state index in [4.69, 9.17) is 26.1 Å². The zero-order valence-electron chi connectivity index (χ0n) is 19.8. The van der Waals surface area contributed by atoms with E-state index in [1.165, 1.54) is 24.9 Å². The fraction of sp³-hybridized carbons (Fsp3) is 0.107. The lowest BCUT2D eigenvalue weighted by Crippen LogP contribution is -2.28. The Balaban J connectivity index is 1.98. The first-order chi connectivity index (χ1) is 17.4. The highest BCUT2D eigenvalue weighted by molar-refractivity contribution is 7.71. The highest BCUT2D eigenvalue weighted by Gasteiger charge is 2.22. The van der Waals surface area contributed by atoms with E-state index in [1.54, 1.807) is 41.0 Å². The molecular weight excluding hydrogens is 476 g/mol. The highest BCUT2D eigenvalue weighted by Crippen LogP contribution is 2.30. The molecule has 8 heteroatoms. The molecule has 7 nitrogen and oxygen atoms in total. The van der Waals surface area contributed by atoms with Gasteiger partial charge in [-0.1, -0.05) is 54.1 Å². The Labute approximate surface area is 211 Å². The number of nitrogens with zero attached hydrogens (tertiary/aromatic N) is 2. The van der Waals surface area contributed by atoms with Crippen LogP contribution in [0.3, 0.4) is 0 Å². The molecule has 0 saturated carbocycles. The molecule has 0 aliphatic rings. The number of rotatable bonds is 5. The third-order valence-electron chi connectivity index (χ3n) is 5.92. The van der Waals surface area contributed by atoms with Crippen molar-refractivity contribution in [3.63, 3.8) is 0 Å². The predicted molar refractivity (Wildman–Crippen MR) is 142 cm³/mol. The number of hydrogen-bond acceptors (Lipinski definition) is 6. The molecule has 36 heavy (non-hydrogen) atoms. The fourth-order valence-electron chi connectivity index (χ4n) is 4.14. The second-order valence-corrected chi connectivity index (χ2v) is 8.49.